The molecule has 0 spiro atoms. The molecular weight excluding hydrogens is 262 g/mol. The molecule has 1 heterocycles. The van der Waals surface area contributed by atoms with Gasteiger partial charge < -0.3 is 10.1 Å². The minimum absolute atomic E-state index is 0.358. The van der Waals surface area contributed by atoms with Crippen molar-refractivity contribution in [1.29, 1.82) is 0 Å². The van der Waals surface area contributed by atoms with Crippen LogP contribution in [0.3, 0.4) is 0 Å². The molecule has 0 radical (unpaired) electrons. The van der Waals surface area contributed by atoms with Crippen LogP contribution in [-0.4, -0.2) is 33.9 Å². The van der Waals surface area contributed by atoms with Crippen molar-refractivity contribution in [2.24, 2.45) is 5.92 Å². The molecule has 1 aromatic carbocycles. The van der Waals surface area contributed by atoms with Crippen molar-refractivity contribution >= 4 is 15.5 Å². The predicted molar refractivity (Wildman–Crippen MR) is 76.2 cm³/mol. The van der Waals surface area contributed by atoms with E-state index < -0.39 is 9.84 Å². The number of rotatable bonds is 4. The lowest BCUT2D eigenvalue weighted by Crippen LogP contribution is -2.30. The zero-order valence-electron chi connectivity index (χ0n) is 11.4. The van der Waals surface area contributed by atoms with Crippen molar-refractivity contribution in [2.75, 3.05) is 24.8 Å². The Kier molecular flexibility index (Phi) is 4.47. The van der Waals surface area contributed by atoms with E-state index >= 15 is 0 Å². The summed E-state index contributed by atoms with van der Waals surface area (Å²) in [6.45, 7) is 3.84. The number of hydrogen-bond acceptors (Lipinski definition) is 4. The van der Waals surface area contributed by atoms with E-state index in [1.54, 1.807) is 12.1 Å². The largest absolute Gasteiger partial charge is 0.382 e. The average Bonchev–Trinajstić information content (AvgIpc) is 2.39. The van der Waals surface area contributed by atoms with Gasteiger partial charge in [-0.25, -0.2) is 8.42 Å². The van der Waals surface area contributed by atoms with Crippen molar-refractivity contribution in [1.82, 2.24) is 0 Å². The van der Waals surface area contributed by atoms with Crippen LogP contribution in [0.25, 0.3) is 0 Å². The highest BCUT2D eigenvalue weighted by atomic mass is 32.2. The van der Waals surface area contributed by atoms with Gasteiger partial charge >= 0.3 is 0 Å². The Hall–Kier alpha value is -1.07. The van der Waals surface area contributed by atoms with Crippen LogP contribution in [0.4, 0.5) is 5.69 Å². The Morgan fingerprint density at radius 3 is 2.32 bits per heavy atom. The molecule has 106 valence electrons. The number of hydrogen-bond donors (Lipinski definition) is 1. The Bertz CT molecular complexity index is 504. The molecule has 19 heavy (non-hydrogen) atoms. The van der Waals surface area contributed by atoms with Gasteiger partial charge in [-0.2, -0.15) is 0 Å². The molecule has 2 rings (SSSR count). The fourth-order valence-electron chi connectivity index (χ4n) is 2.39. The molecule has 5 heteroatoms. The molecule has 0 amide bonds. The lowest BCUT2D eigenvalue weighted by molar-refractivity contribution is 0.0622. The average molecular weight is 283 g/mol. The number of anilines is 1. The Balaban J connectivity index is 1.99. The molecule has 1 saturated heterocycles. The standard InChI is InChI=1S/C14H21NO3S/c1-11(12-7-9-18-10-8-12)15-13-3-5-14(6-4-13)19(2,16)17/h3-6,11-12,15H,7-10H2,1-2H3. The van der Waals surface area contributed by atoms with Gasteiger partial charge in [-0.05, 0) is 49.9 Å². The van der Waals surface area contributed by atoms with Gasteiger partial charge in [-0.15, -0.1) is 0 Å². The molecule has 0 aliphatic carbocycles. The second-order valence-corrected chi connectivity index (χ2v) is 7.20. The number of nitrogens with one attached hydrogen (secondary N) is 1. The monoisotopic (exact) mass is 283 g/mol. The lowest BCUT2D eigenvalue weighted by Gasteiger charge is -2.29. The molecule has 1 atom stereocenters. The number of sulfone groups is 1. The molecule has 1 aliphatic rings. The van der Waals surface area contributed by atoms with Crippen LogP contribution in [0.2, 0.25) is 0 Å². The summed E-state index contributed by atoms with van der Waals surface area (Å²) in [6.07, 6.45) is 3.38. The first-order chi connectivity index (χ1) is 8.97. The highest BCUT2D eigenvalue weighted by Gasteiger charge is 2.20. The Morgan fingerprint density at radius 2 is 1.79 bits per heavy atom. The molecule has 1 fully saturated rings. The fourth-order valence-corrected chi connectivity index (χ4v) is 3.03. The molecule has 0 bridgehead atoms. The van der Waals surface area contributed by atoms with E-state index in [0.29, 0.717) is 16.9 Å². The Morgan fingerprint density at radius 1 is 1.21 bits per heavy atom. The van der Waals surface area contributed by atoms with Crippen molar-refractivity contribution in [3.8, 4) is 0 Å². The highest BCUT2D eigenvalue weighted by molar-refractivity contribution is 7.90. The fraction of sp³-hybridized carbons (Fsp3) is 0.571. The van der Waals surface area contributed by atoms with Gasteiger partial charge in [0, 0.05) is 31.2 Å². The smallest absolute Gasteiger partial charge is 0.175 e. The summed E-state index contributed by atoms with van der Waals surface area (Å²) in [6, 6.07) is 7.31. The summed E-state index contributed by atoms with van der Waals surface area (Å²) in [4.78, 5) is 0.358. The van der Waals surface area contributed by atoms with E-state index in [0.717, 1.165) is 31.7 Å². The molecule has 0 aromatic heterocycles. The molecule has 1 aliphatic heterocycles. The van der Waals surface area contributed by atoms with Crippen LogP contribution >= 0.6 is 0 Å². The van der Waals surface area contributed by atoms with E-state index in [4.69, 9.17) is 4.74 Å². The molecule has 0 saturated carbocycles. The van der Waals surface area contributed by atoms with E-state index in [-0.39, 0.29) is 0 Å². The molecular formula is C14H21NO3S. The number of ether oxygens (including phenoxy) is 1. The maximum Gasteiger partial charge on any atom is 0.175 e. The van der Waals surface area contributed by atoms with Gasteiger partial charge in [0.25, 0.3) is 0 Å². The molecule has 4 nitrogen and oxygen atoms in total. The zero-order valence-corrected chi connectivity index (χ0v) is 12.2. The molecule has 1 N–H and O–H groups in total. The van der Waals surface area contributed by atoms with E-state index in [1.165, 1.54) is 6.26 Å². The first kappa shape index (κ1) is 14.3. The van der Waals surface area contributed by atoms with Gasteiger partial charge in [0.15, 0.2) is 9.84 Å². The first-order valence-electron chi connectivity index (χ1n) is 6.61. The van der Waals surface area contributed by atoms with E-state index in [1.807, 2.05) is 12.1 Å². The predicted octanol–water partition coefficient (Wildman–Crippen LogP) is 2.32. The van der Waals surface area contributed by atoms with Crippen molar-refractivity contribution < 1.29 is 13.2 Å². The van der Waals surface area contributed by atoms with Crippen molar-refractivity contribution in [3.05, 3.63) is 24.3 Å². The third kappa shape index (κ3) is 3.94. The summed E-state index contributed by atoms with van der Waals surface area (Å²) in [5.41, 5.74) is 0.964. The highest BCUT2D eigenvalue weighted by Crippen LogP contribution is 2.22. The van der Waals surface area contributed by atoms with Crippen molar-refractivity contribution in [3.63, 3.8) is 0 Å². The molecule has 1 aromatic rings. The quantitative estimate of drug-likeness (QED) is 0.921. The SMILES string of the molecule is CC(Nc1ccc(S(C)(=O)=O)cc1)C1CCOCC1. The van der Waals surface area contributed by atoms with Gasteiger partial charge in [0.05, 0.1) is 4.90 Å². The maximum absolute atomic E-state index is 11.4. The van der Waals surface area contributed by atoms with Gasteiger partial charge in [-0.1, -0.05) is 0 Å². The maximum atomic E-state index is 11.4. The van der Waals surface area contributed by atoms with Gasteiger partial charge in [0.2, 0.25) is 0 Å². The summed E-state index contributed by atoms with van der Waals surface area (Å²) in [7, 11) is -3.11. The number of benzene rings is 1. The third-order valence-electron chi connectivity index (χ3n) is 3.65. The van der Waals surface area contributed by atoms with Crippen LogP contribution in [0.15, 0.2) is 29.2 Å². The zero-order chi connectivity index (χ0) is 13.9. The summed E-state index contributed by atoms with van der Waals surface area (Å²) >= 11 is 0. The van der Waals surface area contributed by atoms with Crippen LogP contribution in [-0.2, 0) is 14.6 Å². The second-order valence-electron chi connectivity index (χ2n) is 5.18. The minimum Gasteiger partial charge on any atom is -0.382 e. The van der Waals surface area contributed by atoms with Crippen LogP contribution in [0.5, 0.6) is 0 Å². The summed E-state index contributed by atoms with van der Waals surface area (Å²) < 4.78 is 28.1. The lowest BCUT2D eigenvalue weighted by atomic mass is 9.93. The first-order valence-corrected chi connectivity index (χ1v) is 8.50. The van der Waals surface area contributed by atoms with Crippen LogP contribution in [0, 0.1) is 5.92 Å². The third-order valence-corrected chi connectivity index (χ3v) is 4.78. The normalized spacial score (nSPS) is 19.1. The summed E-state index contributed by atoms with van der Waals surface area (Å²) in [5.74, 6) is 0.614. The topological polar surface area (TPSA) is 55.4 Å². The second kappa shape index (κ2) is 5.92. The molecule has 1 unspecified atom stereocenters. The van der Waals surface area contributed by atoms with Crippen LogP contribution in [0.1, 0.15) is 19.8 Å². The summed E-state index contributed by atoms with van der Waals surface area (Å²) in [5, 5.41) is 3.44. The van der Waals surface area contributed by atoms with Gasteiger partial charge in [-0.3, -0.25) is 0 Å². The van der Waals surface area contributed by atoms with Crippen LogP contribution < -0.4 is 5.32 Å². The minimum atomic E-state index is -3.11. The van der Waals surface area contributed by atoms with Crippen molar-refractivity contribution in [2.45, 2.75) is 30.7 Å². The van der Waals surface area contributed by atoms with E-state index in [2.05, 4.69) is 12.2 Å². The van der Waals surface area contributed by atoms with Gasteiger partial charge in [0.1, 0.15) is 0 Å². The Labute approximate surface area is 115 Å². The van der Waals surface area contributed by atoms with E-state index in [9.17, 15) is 8.42 Å².